The van der Waals surface area contributed by atoms with E-state index < -0.39 is 0 Å². The molecule has 5 nitrogen and oxygen atoms in total. The van der Waals surface area contributed by atoms with Crippen molar-refractivity contribution in [2.24, 2.45) is 0 Å². The minimum atomic E-state index is -0.248. The monoisotopic (exact) mass is 288 g/mol. The van der Waals surface area contributed by atoms with Crippen molar-refractivity contribution < 1.29 is 9.18 Å². The molecule has 1 aliphatic carbocycles. The van der Waals surface area contributed by atoms with E-state index in [0.29, 0.717) is 12.6 Å². The Balaban J connectivity index is 1.51. The molecule has 0 bridgehead atoms. The number of halogens is 1. The Kier molecular flexibility index (Phi) is 3.85. The zero-order valence-electron chi connectivity index (χ0n) is 11.6. The summed E-state index contributed by atoms with van der Waals surface area (Å²) in [7, 11) is 0. The second-order valence-corrected chi connectivity index (χ2v) is 5.25. The highest BCUT2D eigenvalue weighted by molar-refractivity contribution is 5.76. The summed E-state index contributed by atoms with van der Waals surface area (Å²) < 4.78 is 14.6. The molecule has 0 aliphatic heterocycles. The first kappa shape index (κ1) is 13.6. The van der Waals surface area contributed by atoms with Gasteiger partial charge in [0.25, 0.3) is 0 Å². The zero-order chi connectivity index (χ0) is 14.7. The van der Waals surface area contributed by atoms with Crippen LogP contribution in [0.1, 0.15) is 18.4 Å². The predicted molar refractivity (Wildman–Crippen MR) is 77.1 cm³/mol. The Bertz CT molecular complexity index is 636. The summed E-state index contributed by atoms with van der Waals surface area (Å²) in [6.07, 6.45) is 5.58. The summed E-state index contributed by atoms with van der Waals surface area (Å²) in [6.45, 7) is 0.732. The van der Waals surface area contributed by atoms with Gasteiger partial charge in [-0.1, -0.05) is 12.1 Å². The maximum absolute atomic E-state index is 13.1. The molecule has 1 fully saturated rings. The van der Waals surface area contributed by atoms with Crippen molar-refractivity contribution in [1.29, 1.82) is 0 Å². The number of hydrogen-bond acceptors (Lipinski definition) is 3. The van der Waals surface area contributed by atoms with Crippen LogP contribution in [0.15, 0.2) is 36.7 Å². The van der Waals surface area contributed by atoms with Gasteiger partial charge in [0.15, 0.2) is 0 Å². The zero-order valence-corrected chi connectivity index (χ0v) is 11.6. The summed E-state index contributed by atoms with van der Waals surface area (Å²) in [4.78, 5) is 11.7. The third-order valence-electron chi connectivity index (χ3n) is 3.27. The van der Waals surface area contributed by atoms with E-state index in [2.05, 4.69) is 15.7 Å². The maximum Gasteiger partial charge on any atom is 0.241 e. The third kappa shape index (κ3) is 4.05. The van der Waals surface area contributed by atoms with Gasteiger partial charge >= 0.3 is 0 Å². The molecule has 2 aromatic rings. The normalized spacial score (nSPS) is 14.0. The van der Waals surface area contributed by atoms with E-state index in [9.17, 15) is 9.18 Å². The van der Waals surface area contributed by atoms with Crippen molar-refractivity contribution in [3.05, 3.63) is 48.0 Å². The molecular weight excluding hydrogens is 271 g/mol. The van der Waals surface area contributed by atoms with Crippen LogP contribution in [0.4, 0.5) is 10.1 Å². The number of nitrogens with one attached hydrogen (secondary N) is 2. The van der Waals surface area contributed by atoms with Crippen LogP contribution in [-0.4, -0.2) is 21.7 Å². The lowest BCUT2D eigenvalue weighted by atomic mass is 10.2. The van der Waals surface area contributed by atoms with Gasteiger partial charge in [-0.15, -0.1) is 0 Å². The Morgan fingerprint density at radius 3 is 3.05 bits per heavy atom. The Hall–Kier alpha value is -2.37. The first-order valence-electron chi connectivity index (χ1n) is 6.99. The van der Waals surface area contributed by atoms with Crippen LogP contribution in [0.5, 0.6) is 0 Å². The number of amides is 1. The van der Waals surface area contributed by atoms with Gasteiger partial charge in [-0.2, -0.15) is 5.10 Å². The highest BCUT2D eigenvalue weighted by Crippen LogP contribution is 2.18. The summed E-state index contributed by atoms with van der Waals surface area (Å²) in [5, 5.41) is 10.2. The van der Waals surface area contributed by atoms with Crippen molar-refractivity contribution in [2.75, 3.05) is 5.32 Å². The van der Waals surface area contributed by atoms with Gasteiger partial charge in [0.1, 0.15) is 12.4 Å². The van der Waals surface area contributed by atoms with E-state index in [0.717, 1.165) is 24.1 Å². The number of nitrogens with zero attached hydrogens (tertiary/aromatic N) is 2. The Labute approximate surface area is 122 Å². The van der Waals surface area contributed by atoms with Crippen LogP contribution >= 0.6 is 0 Å². The highest BCUT2D eigenvalue weighted by atomic mass is 19.1. The Morgan fingerprint density at radius 2 is 2.29 bits per heavy atom. The van der Waals surface area contributed by atoms with Crippen LogP contribution in [0, 0.1) is 5.82 Å². The number of aromatic nitrogens is 2. The second-order valence-electron chi connectivity index (χ2n) is 5.25. The van der Waals surface area contributed by atoms with Crippen molar-refractivity contribution in [2.45, 2.75) is 32.0 Å². The SMILES string of the molecule is O=C(Cn1cc(NCc2cccc(F)c2)cn1)NC1CC1. The van der Waals surface area contributed by atoms with Gasteiger partial charge < -0.3 is 10.6 Å². The molecule has 1 saturated carbocycles. The Morgan fingerprint density at radius 1 is 1.43 bits per heavy atom. The fraction of sp³-hybridized carbons (Fsp3) is 0.333. The van der Waals surface area contributed by atoms with Gasteiger partial charge in [0.2, 0.25) is 5.91 Å². The molecule has 0 atom stereocenters. The van der Waals surface area contributed by atoms with Gasteiger partial charge in [-0.25, -0.2) is 4.39 Å². The molecule has 1 aliphatic rings. The quantitative estimate of drug-likeness (QED) is 0.853. The van der Waals surface area contributed by atoms with Crippen molar-refractivity contribution in [3.8, 4) is 0 Å². The molecule has 1 amide bonds. The topological polar surface area (TPSA) is 59.0 Å². The average Bonchev–Trinajstić information content (AvgIpc) is 3.14. The first-order chi connectivity index (χ1) is 10.2. The highest BCUT2D eigenvalue weighted by Gasteiger charge is 2.23. The maximum atomic E-state index is 13.1. The summed E-state index contributed by atoms with van der Waals surface area (Å²) in [5.41, 5.74) is 1.66. The fourth-order valence-electron chi connectivity index (χ4n) is 2.04. The van der Waals surface area contributed by atoms with E-state index in [-0.39, 0.29) is 18.3 Å². The molecule has 1 heterocycles. The lowest BCUT2D eigenvalue weighted by Gasteiger charge is -2.04. The fourth-order valence-corrected chi connectivity index (χ4v) is 2.04. The number of carbonyl (C=O) groups excluding carboxylic acids is 1. The number of hydrogen-bond donors (Lipinski definition) is 2. The van der Waals surface area contributed by atoms with Crippen LogP contribution < -0.4 is 10.6 Å². The smallest absolute Gasteiger partial charge is 0.241 e. The van der Waals surface area contributed by atoms with Gasteiger partial charge in [0.05, 0.1) is 11.9 Å². The van der Waals surface area contributed by atoms with Crippen LogP contribution in [0.25, 0.3) is 0 Å². The molecule has 0 spiro atoms. The van der Waals surface area contributed by atoms with E-state index in [1.165, 1.54) is 12.1 Å². The largest absolute Gasteiger partial charge is 0.378 e. The molecule has 0 saturated heterocycles. The molecule has 1 aromatic heterocycles. The number of rotatable bonds is 6. The van der Waals surface area contributed by atoms with Gasteiger partial charge in [0, 0.05) is 18.8 Å². The molecule has 110 valence electrons. The van der Waals surface area contributed by atoms with Crippen molar-refractivity contribution >= 4 is 11.6 Å². The lowest BCUT2D eigenvalue weighted by Crippen LogP contribution is -2.29. The minimum Gasteiger partial charge on any atom is -0.378 e. The van der Waals surface area contributed by atoms with Crippen LogP contribution in [-0.2, 0) is 17.9 Å². The van der Waals surface area contributed by atoms with E-state index in [4.69, 9.17) is 0 Å². The van der Waals surface area contributed by atoms with Gasteiger partial charge in [-0.05, 0) is 30.5 Å². The molecule has 0 unspecified atom stereocenters. The molecule has 0 radical (unpaired) electrons. The third-order valence-corrected chi connectivity index (χ3v) is 3.27. The molecule has 2 N–H and O–H groups in total. The summed E-state index contributed by atoms with van der Waals surface area (Å²) >= 11 is 0. The van der Waals surface area contributed by atoms with Crippen LogP contribution in [0.3, 0.4) is 0 Å². The lowest BCUT2D eigenvalue weighted by molar-refractivity contribution is -0.122. The molecule has 6 heteroatoms. The van der Waals surface area contributed by atoms with Crippen molar-refractivity contribution in [3.63, 3.8) is 0 Å². The molecule has 3 rings (SSSR count). The van der Waals surface area contributed by atoms with E-state index in [1.54, 1.807) is 23.1 Å². The standard InChI is InChI=1S/C15H17FN4O/c16-12-3-1-2-11(6-12)7-17-14-8-18-20(9-14)10-15(21)19-13-4-5-13/h1-3,6,8-9,13,17H,4-5,7,10H2,(H,19,21). The number of anilines is 1. The first-order valence-corrected chi connectivity index (χ1v) is 6.99. The molecule has 21 heavy (non-hydrogen) atoms. The summed E-state index contributed by atoms with van der Waals surface area (Å²) in [6, 6.07) is 6.79. The van der Waals surface area contributed by atoms with E-state index >= 15 is 0 Å². The number of benzene rings is 1. The molecule has 1 aromatic carbocycles. The number of carbonyl (C=O) groups is 1. The molecular formula is C15H17FN4O. The van der Waals surface area contributed by atoms with Crippen LogP contribution in [0.2, 0.25) is 0 Å². The second kappa shape index (κ2) is 5.95. The average molecular weight is 288 g/mol. The predicted octanol–water partition coefficient (Wildman–Crippen LogP) is 1.91. The van der Waals surface area contributed by atoms with Gasteiger partial charge in [-0.3, -0.25) is 9.48 Å². The van der Waals surface area contributed by atoms with E-state index in [1.807, 2.05) is 6.07 Å². The van der Waals surface area contributed by atoms with Crippen molar-refractivity contribution in [1.82, 2.24) is 15.1 Å². The summed E-state index contributed by atoms with van der Waals surface area (Å²) in [5.74, 6) is -0.265. The minimum absolute atomic E-state index is 0.0164.